The van der Waals surface area contributed by atoms with Crippen LogP contribution in [0, 0.1) is 5.92 Å². The van der Waals surface area contributed by atoms with E-state index in [4.69, 9.17) is 5.11 Å². The Labute approximate surface area is 119 Å². The number of benzene rings is 1. The second-order valence-corrected chi connectivity index (χ2v) is 7.99. The molecule has 0 amide bonds. The number of rotatable bonds is 4. The number of hydrogen-bond acceptors (Lipinski definition) is 3. The molecule has 4 nitrogen and oxygen atoms in total. The van der Waals surface area contributed by atoms with E-state index in [2.05, 4.69) is 6.92 Å². The second kappa shape index (κ2) is 5.95. The van der Waals surface area contributed by atoms with Gasteiger partial charge in [-0.05, 0) is 36.5 Å². The Bertz CT molecular complexity index is 592. The maximum atomic E-state index is 12.4. The molecule has 2 atom stereocenters. The highest BCUT2D eigenvalue weighted by atomic mass is 32.2. The largest absolute Gasteiger partial charge is 0.478 e. The fourth-order valence-corrected chi connectivity index (χ4v) is 4.88. The van der Waals surface area contributed by atoms with Crippen molar-refractivity contribution in [2.45, 2.75) is 43.6 Å². The Hall–Kier alpha value is -1.36. The molecule has 0 saturated heterocycles. The molecule has 1 aromatic rings. The maximum absolute atomic E-state index is 12.4. The van der Waals surface area contributed by atoms with Crippen LogP contribution in [0.4, 0.5) is 0 Å². The summed E-state index contributed by atoms with van der Waals surface area (Å²) in [5.41, 5.74) is 0.692. The lowest BCUT2D eigenvalue weighted by Gasteiger charge is -2.26. The van der Waals surface area contributed by atoms with Crippen LogP contribution in [0.25, 0.3) is 0 Å². The van der Waals surface area contributed by atoms with Gasteiger partial charge in [0.05, 0.1) is 16.6 Å². The van der Waals surface area contributed by atoms with Crippen LogP contribution < -0.4 is 0 Å². The maximum Gasteiger partial charge on any atom is 0.335 e. The van der Waals surface area contributed by atoms with Crippen LogP contribution in [0.3, 0.4) is 0 Å². The smallest absolute Gasteiger partial charge is 0.335 e. The Kier molecular flexibility index (Phi) is 4.48. The first-order valence-corrected chi connectivity index (χ1v) is 8.64. The van der Waals surface area contributed by atoms with E-state index in [1.807, 2.05) is 0 Å². The summed E-state index contributed by atoms with van der Waals surface area (Å²) < 4.78 is 24.9. The molecule has 0 spiro atoms. The minimum Gasteiger partial charge on any atom is -0.478 e. The predicted molar refractivity (Wildman–Crippen MR) is 77.4 cm³/mol. The van der Waals surface area contributed by atoms with Gasteiger partial charge in [-0.15, -0.1) is 0 Å². The monoisotopic (exact) mass is 296 g/mol. The van der Waals surface area contributed by atoms with Gasteiger partial charge in [0.25, 0.3) is 0 Å². The average molecular weight is 296 g/mol. The van der Waals surface area contributed by atoms with Gasteiger partial charge in [0.15, 0.2) is 9.84 Å². The zero-order valence-electron chi connectivity index (χ0n) is 11.6. The van der Waals surface area contributed by atoms with Crippen molar-refractivity contribution in [3.63, 3.8) is 0 Å². The van der Waals surface area contributed by atoms with Gasteiger partial charge in [0, 0.05) is 0 Å². The van der Waals surface area contributed by atoms with Crippen LogP contribution in [0.1, 0.15) is 48.5 Å². The molecule has 1 aromatic carbocycles. The normalized spacial score (nSPS) is 23.4. The highest BCUT2D eigenvalue weighted by molar-refractivity contribution is 7.91. The number of carboxylic acids is 1. The van der Waals surface area contributed by atoms with E-state index in [9.17, 15) is 13.2 Å². The van der Waals surface area contributed by atoms with Crippen molar-refractivity contribution in [1.82, 2.24) is 0 Å². The van der Waals surface area contributed by atoms with E-state index < -0.39 is 15.8 Å². The fraction of sp³-hybridized carbons (Fsp3) is 0.533. The Morgan fingerprint density at radius 2 is 2.10 bits per heavy atom. The van der Waals surface area contributed by atoms with Crippen LogP contribution in [-0.2, 0) is 15.6 Å². The van der Waals surface area contributed by atoms with Gasteiger partial charge in [-0.2, -0.15) is 0 Å². The van der Waals surface area contributed by atoms with Crippen molar-refractivity contribution in [2.75, 3.05) is 0 Å². The van der Waals surface area contributed by atoms with E-state index in [0.717, 1.165) is 25.7 Å². The SMILES string of the molecule is CC1CCCC(S(=O)(=O)Cc2cccc(C(=O)O)c2)C1. The van der Waals surface area contributed by atoms with Crippen LogP contribution in [-0.4, -0.2) is 24.7 Å². The summed E-state index contributed by atoms with van der Waals surface area (Å²) in [7, 11) is -3.20. The van der Waals surface area contributed by atoms with Crippen molar-refractivity contribution < 1.29 is 18.3 Å². The molecule has 20 heavy (non-hydrogen) atoms. The molecule has 2 unspecified atom stereocenters. The Morgan fingerprint density at radius 1 is 1.35 bits per heavy atom. The van der Waals surface area contributed by atoms with Crippen molar-refractivity contribution in [1.29, 1.82) is 0 Å². The predicted octanol–water partition coefficient (Wildman–Crippen LogP) is 2.88. The molecule has 0 aliphatic heterocycles. The van der Waals surface area contributed by atoms with E-state index in [-0.39, 0.29) is 16.6 Å². The first kappa shape index (κ1) is 15.0. The minimum atomic E-state index is -3.20. The molecule has 0 aromatic heterocycles. The van der Waals surface area contributed by atoms with Crippen molar-refractivity contribution >= 4 is 15.8 Å². The lowest BCUT2D eigenvalue weighted by Crippen LogP contribution is -2.28. The summed E-state index contributed by atoms with van der Waals surface area (Å²) in [5.74, 6) is -0.643. The van der Waals surface area contributed by atoms with E-state index in [0.29, 0.717) is 11.5 Å². The van der Waals surface area contributed by atoms with Crippen molar-refractivity contribution in [3.05, 3.63) is 35.4 Å². The summed E-state index contributed by atoms with van der Waals surface area (Å²) in [6.45, 7) is 2.09. The number of sulfone groups is 1. The summed E-state index contributed by atoms with van der Waals surface area (Å²) in [6.07, 6.45) is 3.51. The summed E-state index contributed by atoms with van der Waals surface area (Å²) >= 11 is 0. The molecule has 5 heteroatoms. The quantitative estimate of drug-likeness (QED) is 0.927. The first-order valence-electron chi connectivity index (χ1n) is 6.92. The van der Waals surface area contributed by atoms with Gasteiger partial charge < -0.3 is 5.11 Å². The van der Waals surface area contributed by atoms with Gasteiger partial charge in [-0.1, -0.05) is 31.9 Å². The lowest BCUT2D eigenvalue weighted by molar-refractivity contribution is 0.0696. The standard InChI is InChI=1S/C15H20O4S/c1-11-4-2-7-14(8-11)20(18,19)10-12-5-3-6-13(9-12)15(16)17/h3,5-6,9,11,14H,2,4,7-8,10H2,1H3,(H,16,17). The minimum absolute atomic E-state index is 0.0640. The number of carboxylic acid groups (broad SMARTS) is 1. The highest BCUT2D eigenvalue weighted by Gasteiger charge is 2.30. The Balaban J connectivity index is 2.15. The molecule has 0 heterocycles. The Morgan fingerprint density at radius 3 is 2.75 bits per heavy atom. The van der Waals surface area contributed by atoms with Crippen LogP contribution in [0.5, 0.6) is 0 Å². The van der Waals surface area contributed by atoms with Gasteiger partial charge in [0.1, 0.15) is 0 Å². The average Bonchev–Trinajstić information content (AvgIpc) is 2.38. The first-order chi connectivity index (χ1) is 9.38. The van der Waals surface area contributed by atoms with Gasteiger partial charge in [-0.25, -0.2) is 13.2 Å². The third-order valence-corrected chi connectivity index (χ3v) is 6.12. The molecule has 1 N–H and O–H groups in total. The van der Waals surface area contributed by atoms with E-state index in [1.54, 1.807) is 12.1 Å². The van der Waals surface area contributed by atoms with Crippen LogP contribution >= 0.6 is 0 Å². The number of hydrogen-bond donors (Lipinski definition) is 1. The molecule has 0 bridgehead atoms. The van der Waals surface area contributed by atoms with Crippen LogP contribution in [0.15, 0.2) is 24.3 Å². The molecular weight excluding hydrogens is 276 g/mol. The molecule has 2 rings (SSSR count). The topological polar surface area (TPSA) is 71.4 Å². The zero-order chi connectivity index (χ0) is 14.8. The number of carbonyl (C=O) groups is 1. The number of aromatic carboxylic acids is 1. The summed E-state index contributed by atoms with van der Waals surface area (Å²) in [6, 6.07) is 6.20. The summed E-state index contributed by atoms with van der Waals surface area (Å²) in [4.78, 5) is 10.9. The van der Waals surface area contributed by atoms with Crippen molar-refractivity contribution in [2.24, 2.45) is 5.92 Å². The molecule has 0 radical (unpaired) electrons. The summed E-state index contributed by atoms with van der Waals surface area (Å²) in [5, 5.41) is 8.66. The molecule has 1 saturated carbocycles. The fourth-order valence-electron chi connectivity index (χ4n) is 2.85. The van der Waals surface area contributed by atoms with Gasteiger partial charge in [0.2, 0.25) is 0 Å². The van der Waals surface area contributed by atoms with Crippen molar-refractivity contribution in [3.8, 4) is 0 Å². The molecule has 1 aliphatic rings. The highest BCUT2D eigenvalue weighted by Crippen LogP contribution is 2.30. The second-order valence-electron chi connectivity index (χ2n) is 5.71. The van der Waals surface area contributed by atoms with Gasteiger partial charge >= 0.3 is 5.97 Å². The molecule has 110 valence electrons. The van der Waals surface area contributed by atoms with Gasteiger partial charge in [-0.3, -0.25) is 0 Å². The van der Waals surface area contributed by atoms with E-state index >= 15 is 0 Å². The van der Waals surface area contributed by atoms with E-state index in [1.165, 1.54) is 12.1 Å². The third-order valence-electron chi connectivity index (χ3n) is 3.94. The lowest BCUT2D eigenvalue weighted by atomic mass is 9.91. The molecule has 1 fully saturated rings. The molecular formula is C15H20O4S. The third kappa shape index (κ3) is 3.60. The molecule has 1 aliphatic carbocycles. The zero-order valence-corrected chi connectivity index (χ0v) is 12.4. The van der Waals surface area contributed by atoms with Crippen LogP contribution in [0.2, 0.25) is 0 Å².